The summed E-state index contributed by atoms with van der Waals surface area (Å²) in [4.78, 5) is 0. The molecule has 0 aliphatic heterocycles. The molecule has 0 rings (SSSR count). The summed E-state index contributed by atoms with van der Waals surface area (Å²) in [6.45, 7) is 2.70. The minimum absolute atomic E-state index is 0.0271. The molecule has 0 amide bonds. The van der Waals surface area contributed by atoms with Crippen molar-refractivity contribution >= 4 is 0 Å². The SMILES string of the molecule is CCCC(C)C(N)COCC(F)(F)F. The highest BCUT2D eigenvalue weighted by molar-refractivity contribution is 4.68. The van der Waals surface area contributed by atoms with Crippen molar-refractivity contribution in [2.24, 2.45) is 11.7 Å². The van der Waals surface area contributed by atoms with Gasteiger partial charge in [0.1, 0.15) is 6.61 Å². The molecule has 0 fully saturated rings. The zero-order valence-corrected chi connectivity index (χ0v) is 8.60. The second-order valence-corrected chi connectivity index (χ2v) is 3.56. The van der Waals surface area contributed by atoms with Gasteiger partial charge in [-0.15, -0.1) is 0 Å². The van der Waals surface area contributed by atoms with E-state index in [1.54, 1.807) is 0 Å². The Morgan fingerprint density at radius 1 is 1.36 bits per heavy atom. The van der Waals surface area contributed by atoms with Gasteiger partial charge in [0.25, 0.3) is 0 Å². The summed E-state index contributed by atoms with van der Waals surface area (Å²) < 4.78 is 39.5. The predicted molar refractivity (Wildman–Crippen MR) is 48.9 cm³/mol. The number of halogens is 3. The molecule has 0 saturated heterocycles. The first-order valence-corrected chi connectivity index (χ1v) is 4.77. The highest BCUT2D eigenvalue weighted by Crippen LogP contribution is 2.15. The van der Waals surface area contributed by atoms with Crippen LogP contribution in [-0.2, 0) is 4.74 Å². The van der Waals surface area contributed by atoms with E-state index in [0.717, 1.165) is 12.8 Å². The first-order chi connectivity index (χ1) is 6.37. The van der Waals surface area contributed by atoms with Crippen LogP contribution in [0.3, 0.4) is 0 Å². The fourth-order valence-corrected chi connectivity index (χ4v) is 1.14. The van der Waals surface area contributed by atoms with Gasteiger partial charge in [0.2, 0.25) is 0 Å². The number of ether oxygens (including phenoxy) is 1. The van der Waals surface area contributed by atoms with Gasteiger partial charge in [-0.05, 0) is 12.3 Å². The summed E-state index contributed by atoms with van der Waals surface area (Å²) in [5, 5.41) is 0. The van der Waals surface area contributed by atoms with Gasteiger partial charge in [-0.25, -0.2) is 0 Å². The minimum atomic E-state index is -4.26. The number of hydrogen-bond donors (Lipinski definition) is 1. The molecule has 14 heavy (non-hydrogen) atoms. The zero-order chi connectivity index (χ0) is 11.2. The molecular weight excluding hydrogens is 195 g/mol. The van der Waals surface area contributed by atoms with Crippen molar-refractivity contribution in [2.45, 2.75) is 38.9 Å². The van der Waals surface area contributed by atoms with E-state index in [4.69, 9.17) is 5.73 Å². The van der Waals surface area contributed by atoms with Gasteiger partial charge < -0.3 is 10.5 Å². The smallest absolute Gasteiger partial charge is 0.370 e. The van der Waals surface area contributed by atoms with Crippen LogP contribution in [0.1, 0.15) is 26.7 Å². The molecule has 0 aromatic heterocycles. The minimum Gasteiger partial charge on any atom is -0.370 e. The lowest BCUT2D eigenvalue weighted by molar-refractivity contribution is -0.175. The predicted octanol–water partition coefficient (Wildman–Crippen LogP) is 2.33. The van der Waals surface area contributed by atoms with Crippen LogP contribution in [0.15, 0.2) is 0 Å². The molecule has 2 nitrogen and oxygen atoms in total. The third-order valence-corrected chi connectivity index (χ3v) is 2.05. The monoisotopic (exact) mass is 213 g/mol. The Morgan fingerprint density at radius 2 is 1.93 bits per heavy atom. The molecule has 0 bridgehead atoms. The van der Waals surface area contributed by atoms with Gasteiger partial charge in [-0.3, -0.25) is 0 Å². The van der Waals surface area contributed by atoms with Crippen LogP contribution < -0.4 is 5.73 Å². The fourth-order valence-electron chi connectivity index (χ4n) is 1.14. The molecule has 0 heterocycles. The van der Waals surface area contributed by atoms with E-state index in [2.05, 4.69) is 4.74 Å². The van der Waals surface area contributed by atoms with Gasteiger partial charge in [0.05, 0.1) is 6.61 Å². The van der Waals surface area contributed by atoms with E-state index >= 15 is 0 Å². The Balaban J connectivity index is 3.58. The van der Waals surface area contributed by atoms with Gasteiger partial charge in [-0.1, -0.05) is 20.3 Å². The first-order valence-electron chi connectivity index (χ1n) is 4.77. The van der Waals surface area contributed by atoms with Crippen molar-refractivity contribution in [1.82, 2.24) is 0 Å². The lowest BCUT2D eigenvalue weighted by Gasteiger charge is -2.19. The van der Waals surface area contributed by atoms with Crippen LogP contribution in [0, 0.1) is 5.92 Å². The maximum atomic E-state index is 11.7. The lowest BCUT2D eigenvalue weighted by atomic mass is 9.98. The summed E-state index contributed by atoms with van der Waals surface area (Å²) in [6.07, 6.45) is -2.36. The van der Waals surface area contributed by atoms with Crippen molar-refractivity contribution in [3.63, 3.8) is 0 Å². The summed E-state index contributed by atoms with van der Waals surface area (Å²) in [5.74, 6) is 0.202. The van der Waals surface area contributed by atoms with E-state index in [9.17, 15) is 13.2 Å². The van der Waals surface area contributed by atoms with Crippen molar-refractivity contribution < 1.29 is 17.9 Å². The summed E-state index contributed by atoms with van der Waals surface area (Å²) in [6, 6.07) is -0.308. The largest absolute Gasteiger partial charge is 0.411 e. The third-order valence-electron chi connectivity index (χ3n) is 2.05. The molecular formula is C9H18F3NO. The maximum Gasteiger partial charge on any atom is 0.411 e. The molecule has 0 saturated carbocycles. The highest BCUT2D eigenvalue weighted by atomic mass is 19.4. The summed E-state index contributed by atoms with van der Waals surface area (Å²) in [5.41, 5.74) is 5.64. The number of hydrogen-bond acceptors (Lipinski definition) is 2. The summed E-state index contributed by atoms with van der Waals surface area (Å²) in [7, 11) is 0. The van der Waals surface area contributed by atoms with E-state index in [-0.39, 0.29) is 18.6 Å². The van der Waals surface area contributed by atoms with Crippen LogP contribution in [0.2, 0.25) is 0 Å². The topological polar surface area (TPSA) is 35.2 Å². The number of rotatable bonds is 6. The van der Waals surface area contributed by atoms with Crippen molar-refractivity contribution in [2.75, 3.05) is 13.2 Å². The Kier molecular flexibility index (Phi) is 6.11. The van der Waals surface area contributed by atoms with Crippen molar-refractivity contribution in [1.29, 1.82) is 0 Å². The van der Waals surface area contributed by atoms with Crippen LogP contribution in [-0.4, -0.2) is 25.4 Å². The van der Waals surface area contributed by atoms with E-state index in [1.165, 1.54) is 0 Å². The lowest BCUT2D eigenvalue weighted by Crippen LogP contribution is -2.34. The molecule has 5 heteroatoms. The normalized spacial score (nSPS) is 16.7. The molecule has 0 aliphatic rings. The Morgan fingerprint density at radius 3 is 2.36 bits per heavy atom. The highest BCUT2D eigenvalue weighted by Gasteiger charge is 2.28. The molecule has 0 spiro atoms. The Bertz CT molecular complexity index is 149. The molecule has 2 atom stereocenters. The van der Waals surface area contributed by atoms with Crippen LogP contribution in [0.25, 0.3) is 0 Å². The quantitative estimate of drug-likeness (QED) is 0.735. The van der Waals surface area contributed by atoms with Crippen molar-refractivity contribution in [3.05, 3.63) is 0 Å². The van der Waals surface area contributed by atoms with E-state index in [0.29, 0.717) is 0 Å². The van der Waals surface area contributed by atoms with Gasteiger partial charge in [-0.2, -0.15) is 13.2 Å². The average Bonchev–Trinajstić information content (AvgIpc) is 2.02. The van der Waals surface area contributed by atoms with Crippen LogP contribution >= 0.6 is 0 Å². The van der Waals surface area contributed by atoms with Gasteiger partial charge in [0, 0.05) is 6.04 Å². The zero-order valence-electron chi connectivity index (χ0n) is 8.60. The van der Waals surface area contributed by atoms with Crippen molar-refractivity contribution in [3.8, 4) is 0 Å². The van der Waals surface area contributed by atoms with Gasteiger partial charge >= 0.3 is 6.18 Å². The second kappa shape index (κ2) is 6.24. The molecule has 2 N–H and O–H groups in total. The van der Waals surface area contributed by atoms with Gasteiger partial charge in [0.15, 0.2) is 0 Å². The van der Waals surface area contributed by atoms with E-state index in [1.807, 2.05) is 13.8 Å². The Labute approximate surface area is 82.6 Å². The number of alkyl halides is 3. The molecule has 0 radical (unpaired) electrons. The molecule has 0 aliphatic carbocycles. The molecule has 0 aromatic rings. The summed E-state index contributed by atoms with van der Waals surface area (Å²) >= 11 is 0. The maximum absolute atomic E-state index is 11.7. The molecule has 0 aromatic carbocycles. The number of nitrogens with two attached hydrogens (primary N) is 1. The van der Waals surface area contributed by atoms with Crippen LogP contribution in [0.4, 0.5) is 13.2 Å². The fraction of sp³-hybridized carbons (Fsp3) is 1.00. The third kappa shape index (κ3) is 7.15. The molecule has 86 valence electrons. The standard InChI is InChI=1S/C9H18F3NO/c1-3-4-7(2)8(13)5-14-6-9(10,11)12/h7-8H,3-6,13H2,1-2H3. The van der Waals surface area contributed by atoms with E-state index < -0.39 is 12.8 Å². The van der Waals surface area contributed by atoms with Crippen LogP contribution in [0.5, 0.6) is 0 Å². The first kappa shape index (κ1) is 13.7. The Hall–Kier alpha value is -0.290. The second-order valence-electron chi connectivity index (χ2n) is 3.56. The molecule has 2 unspecified atom stereocenters. The average molecular weight is 213 g/mol.